The molecule has 0 atom stereocenters. The maximum absolute atomic E-state index is 10.8. The van der Waals surface area contributed by atoms with Crippen molar-refractivity contribution >= 4 is 28.7 Å². The van der Waals surface area contributed by atoms with Crippen LogP contribution in [0.25, 0.3) is 11.1 Å². The predicted molar refractivity (Wildman–Crippen MR) is 48.8 cm³/mol. The lowest BCUT2D eigenvalue weighted by atomic mass is 10.2. The number of halogens is 1. The summed E-state index contributed by atoms with van der Waals surface area (Å²) in [5.74, 6) is -1.79. The van der Waals surface area contributed by atoms with E-state index in [2.05, 4.69) is 9.40 Å². The van der Waals surface area contributed by atoms with Gasteiger partial charge in [0.05, 0.1) is 10.6 Å². The van der Waals surface area contributed by atoms with Crippen molar-refractivity contribution in [3.63, 3.8) is 0 Å². The minimum Gasteiger partial charge on any atom is -0.478 e. The van der Waals surface area contributed by atoms with Crippen LogP contribution in [0.15, 0.2) is 21.3 Å². The molecule has 0 saturated carbocycles. The molecule has 0 spiro atoms. The standard InChI is InChI=1S/C8H4ClNO4/c9-4-1-3(7(11)12)2-5-6(4)10-8(13)14-5/h1-2H,(H,10,13)(H,11,12). The van der Waals surface area contributed by atoms with Gasteiger partial charge in [-0.15, -0.1) is 0 Å². The lowest BCUT2D eigenvalue weighted by Crippen LogP contribution is -1.95. The van der Waals surface area contributed by atoms with Gasteiger partial charge in [-0.3, -0.25) is 4.98 Å². The molecule has 0 bridgehead atoms. The monoisotopic (exact) mass is 213 g/mol. The number of benzene rings is 1. The van der Waals surface area contributed by atoms with E-state index < -0.39 is 11.7 Å². The number of aromatic carboxylic acids is 1. The van der Waals surface area contributed by atoms with Crippen molar-refractivity contribution in [2.75, 3.05) is 0 Å². The number of carboxylic acid groups (broad SMARTS) is 1. The van der Waals surface area contributed by atoms with E-state index in [0.717, 1.165) is 0 Å². The zero-order chi connectivity index (χ0) is 10.3. The van der Waals surface area contributed by atoms with Gasteiger partial charge < -0.3 is 9.52 Å². The number of aromatic nitrogens is 1. The van der Waals surface area contributed by atoms with Crippen molar-refractivity contribution in [3.8, 4) is 0 Å². The largest absolute Gasteiger partial charge is 0.478 e. The molecule has 1 aromatic heterocycles. The van der Waals surface area contributed by atoms with E-state index in [9.17, 15) is 9.59 Å². The molecule has 0 aliphatic carbocycles. The van der Waals surface area contributed by atoms with Crippen molar-refractivity contribution in [1.82, 2.24) is 4.98 Å². The molecule has 2 rings (SSSR count). The Labute approximate surface area is 81.9 Å². The average molecular weight is 214 g/mol. The Morgan fingerprint density at radius 1 is 1.50 bits per heavy atom. The van der Waals surface area contributed by atoms with Crippen molar-refractivity contribution in [1.29, 1.82) is 0 Å². The fourth-order valence-electron chi connectivity index (χ4n) is 1.13. The van der Waals surface area contributed by atoms with Gasteiger partial charge in [-0.1, -0.05) is 11.6 Å². The van der Waals surface area contributed by atoms with Crippen molar-refractivity contribution < 1.29 is 14.3 Å². The normalized spacial score (nSPS) is 10.6. The van der Waals surface area contributed by atoms with E-state index in [-0.39, 0.29) is 16.2 Å². The van der Waals surface area contributed by atoms with Crippen LogP contribution in [0.3, 0.4) is 0 Å². The fraction of sp³-hybridized carbons (Fsp3) is 0. The molecule has 0 aliphatic heterocycles. The molecule has 0 aliphatic rings. The quantitative estimate of drug-likeness (QED) is 0.752. The minimum absolute atomic E-state index is 0.0229. The molecular weight excluding hydrogens is 210 g/mol. The van der Waals surface area contributed by atoms with Crippen LogP contribution in [-0.2, 0) is 0 Å². The zero-order valence-electron chi connectivity index (χ0n) is 6.70. The summed E-state index contributed by atoms with van der Waals surface area (Å²) in [7, 11) is 0. The molecule has 6 heteroatoms. The van der Waals surface area contributed by atoms with Crippen molar-refractivity contribution in [3.05, 3.63) is 33.3 Å². The molecule has 2 aromatic rings. The minimum atomic E-state index is -1.13. The molecule has 72 valence electrons. The van der Waals surface area contributed by atoms with E-state index in [1.54, 1.807) is 0 Å². The Balaban J connectivity index is 2.84. The molecule has 0 saturated heterocycles. The highest BCUT2D eigenvalue weighted by Gasteiger charge is 2.11. The van der Waals surface area contributed by atoms with Gasteiger partial charge in [-0.2, -0.15) is 0 Å². The number of hydrogen-bond acceptors (Lipinski definition) is 3. The first-order valence-electron chi connectivity index (χ1n) is 3.63. The third-order valence-corrected chi connectivity index (χ3v) is 2.03. The average Bonchev–Trinajstić information content (AvgIpc) is 2.45. The topological polar surface area (TPSA) is 83.3 Å². The Bertz CT molecular complexity index is 568. The van der Waals surface area contributed by atoms with Crippen LogP contribution in [0.5, 0.6) is 0 Å². The van der Waals surface area contributed by atoms with Gasteiger partial charge in [0.1, 0.15) is 5.52 Å². The van der Waals surface area contributed by atoms with E-state index in [0.29, 0.717) is 5.52 Å². The van der Waals surface area contributed by atoms with Crippen LogP contribution in [0.2, 0.25) is 5.02 Å². The molecule has 1 heterocycles. The number of rotatable bonds is 1. The number of aromatic amines is 1. The van der Waals surface area contributed by atoms with Crippen LogP contribution < -0.4 is 5.76 Å². The number of H-pyrrole nitrogens is 1. The number of carbonyl (C=O) groups is 1. The summed E-state index contributed by atoms with van der Waals surface area (Å²) in [6, 6.07) is 2.49. The molecule has 14 heavy (non-hydrogen) atoms. The second-order valence-corrected chi connectivity index (χ2v) is 3.06. The predicted octanol–water partition coefficient (Wildman–Crippen LogP) is 1.47. The Morgan fingerprint density at radius 3 is 2.86 bits per heavy atom. The van der Waals surface area contributed by atoms with Crippen LogP contribution in [0.1, 0.15) is 10.4 Å². The second kappa shape index (κ2) is 2.88. The molecule has 0 unspecified atom stereocenters. The molecule has 2 N–H and O–H groups in total. The van der Waals surface area contributed by atoms with E-state index in [1.807, 2.05) is 0 Å². The molecule has 1 aromatic carbocycles. The zero-order valence-corrected chi connectivity index (χ0v) is 7.46. The molecule has 0 radical (unpaired) electrons. The molecule has 0 fully saturated rings. The summed E-state index contributed by atoms with van der Waals surface area (Å²) in [5.41, 5.74) is 0.423. The third kappa shape index (κ3) is 1.27. The van der Waals surface area contributed by atoms with E-state index >= 15 is 0 Å². The van der Waals surface area contributed by atoms with Crippen LogP contribution in [0.4, 0.5) is 0 Å². The highest BCUT2D eigenvalue weighted by molar-refractivity contribution is 6.35. The fourth-order valence-corrected chi connectivity index (χ4v) is 1.39. The number of fused-ring (bicyclic) bond motifs is 1. The van der Waals surface area contributed by atoms with Crippen molar-refractivity contribution in [2.24, 2.45) is 0 Å². The number of oxazole rings is 1. The highest BCUT2D eigenvalue weighted by atomic mass is 35.5. The van der Waals surface area contributed by atoms with Crippen LogP contribution >= 0.6 is 11.6 Å². The second-order valence-electron chi connectivity index (χ2n) is 2.65. The summed E-state index contributed by atoms with van der Waals surface area (Å²) in [6.45, 7) is 0. The lowest BCUT2D eigenvalue weighted by molar-refractivity contribution is 0.0697. The Morgan fingerprint density at radius 2 is 2.21 bits per heavy atom. The summed E-state index contributed by atoms with van der Waals surface area (Å²) in [5, 5.41) is 8.83. The molecule has 5 nitrogen and oxygen atoms in total. The molecule has 0 amide bonds. The first kappa shape index (κ1) is 8.83. The highest BCUT2D eigenvalue weighted by Crippen LogP contribution is 2.22. The van der Waals surface area contributed by atoms with Gasteiger partial charge in [0.25, 0.3) is 0 Å². The van der Waals surface area contributed by atoms with Gasteiger partial charge in [-0.25, -0.2) is 9.59 Å². The number of hydrogen-bond donors (Lipinski definition) is 2. The number of nitrogens with one attached hydrogen (secondary N) is 1. The first-order valence-corrected chi connectivity index (χ1v) is 4.01. The van der Waals surface area contributed by atoms with E-state index in [4.69, 9.17) is 16.7 Å². The van der Waals surface area contributed by atoms with Crippen LogP contribution in [-0.4, -0.2) is 16.1 Å². The number of carboxylic acids is 1. The Kier molecular flexibility index (Phi) is 1.82. The van der Waals surface area contributed by atoms with Gasteiger partial charge in [0.2, 0.25) is 0 Å². The van der Waals surface area contributed by atoms with Crippen LogP contribution in [0, 0.1) is 0 Å². The summed E-state index contributed by atoms with van der Waals surface area (Å²) >= 11 is 5.73. The maximum Gasteiger partial charge on any atom is 0.417 e. The third-order valence-electron chi connectivity index (χ3n) is 1.73. The lowest BCUT2D eigenvalue weighted by Gasteiger charge is -1.95. The smallest absolute Gasteiger partial charge is 0.417 e. The molecular formula is C8H4ClNO4. The summed E-state index contributed by atoms with van der Waals surface area (Å²) < 4.78 is 4.68. The summed E-state index contributed by atoms with van der Waals surface area (Å²) in [4.78, 5) is 23.8. The Hall–Kier alpha value is -1.75. The maximum atomic E-state index is 10.8. The summed E-state index contributed by atoms with van der Waals surface area (Å²) in [6.07, 6.45) is 0. The van der Waals surface area contributed by atoms with Gasteiger partial charge in [0.15, 0.2) is 5.58 Å². The van der Waals surface area contributed by atoms with Crippen molar-refractivity contribution in [2.45, 2.75) is 0 Å². The van der Waals surface area contributed by atoms with Gasteiger partial charge in [0, 0.05) is 0 Å². The van der Waals surface area contributed by atoms with Gasteiger partial charge in [-0.05, 0) is 12.1 Å². The SMILES string of the molecule is O=C(O)c1cc(Cl)c2[nH]c(=O)oc2c1. The van der Waals surface area contributed by atoms with E-state index in [1.165, 1.54) is 12.1 Å². The van der Waals surface area contributed by atoms with Gasteiger partial charge >= 0.3 is 11.7 Å². The first-order chi connectivity index (χ1) is 6.58.